The number of fused-ring (bicyclic) bond motifs is 1. The van der Waals surface area contributed by atoms with E-state index < -0.39 is 0 Å². The van der Waals surface area contributed by atoms with Crippen LogP contribution in [0.4, 0.5) is 0 Å². The van der Waals surface area contributed by atoms with Crippen molar-refractivity contribution in [2.75, 3.05) is 0 Å². The van der Waals surface area contributed by atoms with E-state index in [1.807, 2.05) is 0 Å². The quantitative estimate of drug-likeness (QED) is 0.745. The Hall–Kier alpha value is -0.995. The summed E-state index contributed by atoms with van der Waals surface area (Å²) >= 11 is 0. The van der Waals surface area contributed by atoms with Crippen LogP contribution in [0.3, 0.4) is 0 Å². The van der Waals surface area contributed by atoms with Crippen molar-refractivity contribution in [2.45, 2.75) is 72.2 Å². The van der Waals surface area contributed by atoms with Gasteiger partial charge in [-0.3, -0.25) is 0 Å². The summed E-state index contributed by atoms with van der Waals surface area (Å²) in [7, 11) is -0.302. The molecule has 0 aliphatic carbocycles. The predicted molar refractivity (Wildman–Crippen MR) is 89.7 cm³/mol. The molecule has 1 unspecified atom stereocenters. The van der Waals surface area contributed by atoms with Crippen molar-refractivity contribution in [1.29, 1.82) is 0 Å². The van der Waals surface area contributed by atoms with Gasteiger partial charge in [0.15, 0.2) is 0 Å². The zero-order valence-corrected chi connectivity index (χ0v) is 14.8. The van der Waals surface area contributed by atoms with Gasteiger partial charge in [0.2, 0.25) is 0 Å². The Morgan fingerprint density at radius 3 is 2.18 bits per heavy atom. The van der Waals surface area contributed by atoms with Crippen LogP contribution in [0.1, 0.15) is 54.0 Å². The molecule has 2 heterocycles. The van der Waals surface area contributed by atoms with Crippen LogP contribution in [0.2, 0.25) is 0 Å². The topological polar surface area (TPSA) is 27.7 Å². The molecular weight excluding hydrogens is 275 g/mol. The fourth-order valence-corrected chi connectivity index (χ4v) is 2.88. The standard InChI is InChI=1S/C18H27BO3/c1-16(2,3)15-11-12-10-13(8-9-14(12)20-15)19-21-17(4,5)18(6,7)22-19/h8-10,15H,11H2,1-7H3. The van der Waals surface area contributed by atoms with E-state index in [2.05, 4.69) is 66.7 Å². The third-order valence-corrected chi connectivity index (χ3v) is 5.25. The monoisotopic (exact) mass is 302 g/mol. The van der Waals surface area contributed by atoms with Crippen LogP contribution in [0, 0.1) is 5.41 Å². The first-order valence-corrected chi connectivity index (χ1v) is 8.15. The highest BCUT2D eigenvalue weighted by Gasteiger charge is 2.51. The van der Waals surface area contributed by atoms with Crippen molar-refractivity contribution in [3.8, 4) is 5.75 Å². The van der Waals surface area contributed by atoms with Crippen molar-refractivity contribution in [1.82, 2.24) is 0 Å². The van der Waals surface area contributed by atoms with E-state index >= 15 is 0 Å². The first-order valence-electron chi connectivity index (χ1n) is 8.15. The Kier molecular flexibility index (Phi) is 3.43. The summed E-state index contributed by atoms with van der Waals surface area (Å²) in [4.78, 5) is 0. The van der Waals surface area contributed by atoms with Crippen LogP contribution in [0.5, 0.6) is 5.75 Å². The van der Waals surface area contributed by atoms with Crippen molar-refractivity contribution in [3.05, 3.63) is 23.8 Å². The van der Waals surface area contributed by atoms with Gasteiger partial charge in [0.05, 0.1) is 11.2 Å². The van der Waals surface area contributed by atoms with E-state index in [1.54, 1.807) is 0 Å². The van der Waals surface area contributed by atoms with Gasteiger partial charge in [-0.2, -0.15) is 0 Å². The van der Waals surface area contributed by atoms with Crippen molar-refractivity contribution >= 4 is 12.6 Å². The number of hydrogen-bond donors (Lipinski definition) is 0. The van der Waals surface area contributed by atoms with Crippen molar-refractivity contribution in [2.24, 2.45) is 5.41 Å². The lowest BCUT2D eigenvalue weighted by molar-refractivity contribution is 0.00578. The minimum absolute atomic E-state index is 0.142. The first kappa shape index (κ1) is 15.9. The van der Waals surface area contributed by atoms with Crippen LogP contribution in [0.25, 0.3) is 0 Å². The first-order chi connectivity index (χ1) is 9.99. The van der Waals surface area contributed by atoms with Crippen LogP contribution < -0.4 is 10.2 Å². The zero-order chi connectivity index (χ0) is 16.3. The molecule has 1 fully saturated rings. The van der Waals surface area contributed by atoms with E-state index in [-0.39, 0.29) is 29.8 Å². The largest absolute Gasteiger partial charge is 0.494 e. The van der Waals surface area contributed by atoms with Gasteiger partial charge in [-0.1, -0.05) is 32.9 Å². The van der Waals surface area contributed by atoms with Gasteiger partial charge in [0.1, 0.15) is 11.9 Å². The molecule has 120 valence electrons. The molecule has 0 aromatic heterocycles. The average molecular weight is 302 g/mol. The molecule has 1 atom stereocenters. The van der Waals surface area contributed by atoms with Crippen molar-refractivity contribution in [3.63, 3.8) is 0 Å². The molecule has 0 radical (unpaired) electrons. The number of hydrogen-bond acceptors (Lipinski definition) is 3. The third kappa shape index (κ3) is 2.57. The van der Waals surface area contributed by atoms with Gasteiger partial charge in [-0.25, -0.2) is 0 Å². The Labute approximate surface area is 134 Å². The highest BCUT2D eigenvalue weighted by molar-refractivity contribution is 6.62. The van der Waals surface area contributed by atoms with E-state index in [0.717, 1.165) is 17.6 Å². The Morgan fingerprint density at radius 2 is 1.64 bits per heavy atom. The van der Waals surface area contributed by atoms with Gasteiger partial charge in [-0.15, -0.1) is 0 Å². The lowest BCUT2D eigenvalue weighted by Crippen LogP contribution is -2.41. The lowest BCUT2D eigenvalue weighted by Gasteiger charge is -2.32. The summed E-state index contributed by atoms with van der Waals surface area (Å²) in [6, 6.07) is 6.30. The molecule has 1 aromatic rings. The van der Waals surface area contributed by atoms with Crippen molar-refractivity contribution < 1.29 is 14.0 Å². The summed E-state index contributed by atoms with van der Waals surface area (Å²) in [5.41, 5.74) is 1.87. The number of ether oxygens (including phenoxy) is 1. The molecule has 2 aliphatic heterocycles. The normalized spacial score (nSPS) is 26.0. The molecule has 3 rings (SSSR count). The molecule has 3 nitrogen and oxygen atoms in total. The number of benzene rings is 1. The van der Waals surface area contributed by atoms with E-state index in [9.17, 15) is 0 Å². The molecule has 0 spiro atoms. The molecule has 0 bridgehead atoms. The summed E-state index contributed by atoms with van der Waals surface area (Å²) in [6.45, 7) is 15.0. The van der Waals surface area contributed by atoms with Crippen LogP contribution in [-0.2, 0) is 15.7 Å². The van der Waals surface area contributed by atoms with Gasteiger partial charge in [-0.05, 0) is 50.2 Å². The number of rotatable bonds is 1. The summed E-state index contributed by atoms with van der Waals surface area (Å²) in [5, 5.41) is 0. The molecule has 22 heavy (non-hydrogen) atoms. The second-order valence-electron chi connectivity index (χ2n) is 8.63. The van der Waals surface area contributed by atoms with Gasteiger partial charge in [0, 0.05) is 6.42 Å². The molecule has 1 saturated heterocycles. The maximum absolute atomic E-state index is 6.14. The van der Waals surface area contributed by atoms with Crippen LogP contribution in [-0.4, -0.2) is 24.4 Å². The molecule has 0 N–H and O–H groups in total. The average Bonchev–Trinajstić information content (AvgIpc) is 2.87. The Morgan fingerprint density at radius 1 is 1.05 bits per heavy atom. The van der Waals surface area contributed by atoms with E-state index in [0.29, 0.717) is 0 Å². The molecule has 4 heteroatoms. The predicted octanol–water partition coefficient (Wildman–Crippen LogP) is 3.34. The second-order valence-corrected chi connectivity index (χ2v) is 8.63. The SMILES string of the molecule is CC(C)(C)C1Cc2cc(B3OC(C)(C)C(C)(C)O3)ccc2O1. The molecule has 0 saturated carbocycles. The summed E-state index contributed by atoms with van der Waals surface area (Å²) in [5.74, 6) is 1.00. The molecular formula is C18H27BO3. The van der Waals surface area contributed by atoms with Crippen LogP contribution >= 0.6 is 0 Å². The van der Waals surface area contributed by atoms with Gasteiger partial charge in [0.25, 0.3) is 0 Å². The fraction of sp³-hybridized carbons (Fsp3) is 0.667. The molecule has 1 aromatic carbocycles. The fourth-order valence-electron chi connectivity index (χ4n) is 2.88. The van der Waals surface area contributed by atoms with E-state index in [4.69, 9.17) is 14.0 Å². The smallest absolute Gasteiger partial charge is 0.489 e. The summed E-state index contributed by atoms with van der Waals surface area (Å²) in [6.07, 6.45) is 1.18. The Balaban J connectivity index is 1.83. The zero-order valence-electron chi connectivity index (χ0n) is 14.8. The minimum atomic E-state index is -0.304. The van der Waals surface area contributed by atoms with Gasteiger partial charge < -0.3 is 14.0 Å². The Bertz CT molecular complexity index is 570. The maximum Gasteiger partial charge on any atom is 0.494 e. The molecule has 0 amide bonds. The third-order valence-electron chi connectivity index (χ3n) is 5.25. The molecule has 2 aliphatic rings. The van der Waals surface area contributed by atoms with E-state index in [1.165, 1.54) is 5.56 Å². The van der Waals surface area contributed by atoms with Gasteiger partial charge >= 0.3 is 7.12 Å². The lowest BCUT2D eigenvalue weighted by atomic mass is 9.77. The highest BCUT2D eigenvalue weighted by Crippen LogP contribution is 2.38. The second kappa shape index (κ2) is 4.75. The van der Waals surface area contributed by atoms with Crippen LogP contribution in [0.15, 0.2) is 18.2 Å². The maximum atomic E-state index is 6.14. The summed E-state index contributed by atoms with van der Waals surface area (Å²) < 4.78 is 18.4. The minimum Gasteiger partial charge on any atom is -0.489 e. The highest BCUT2D eigenvalue weighted by atomic mass is 16.7.